The Hall–Kier alpha value is -2.39. The van der Waals surface area contributed by atoms with Crippen LogP contribution in [0.25, 0.3) is 0 Å². The van der Waals surface area contributed by atoms with Crippen LogP contribution in [-0.4, -0.2) is 32.9 Å². The van der Waals surface area contributed by atoms with Gasteiger partial charge in [0.2, 0.25) is 6.79 Å². The first-order chi connectivity index (χ1) is 9.74. The Balaban J connectivity index is 2.06. The molecule has 0 unspecified atom stereocenters. The predicted molar refractivity (Wildman–Crippen MR) is 72.7 cm³/mol. The number of carbonyl (C=O) groups is 1. The SMILES string of the molecule is C#CCNC(=O)COc1cc2c(cc1CNC)OCO2. The van der Waals surface area contributed by atoms with Gasteiger partial charge in [-0.15, -0.1) is 6.42 Å². The highest BCUT2D eigenvalue weighted by molar-refractivity contribution is 5.77. The molecule has 0 spiro atoms. The lowest BCUT2D eigenvalue weighted by Gasteiger charge is -2.12. The smallest absolute Gasteiger partial charge is 0.258 e. The van der Waals surface area contributed by atoms with Crippen molar-refractivity contribution in [3.8, 4) is 29.6 Å². The predicted octanol–water partition coefficient (Wildman–Crippen LogP) is 0.263. The maximum atomic E-state index is 11.5. The van der Waals surface area contributed by atoms with Crippen LogP contribution in [0.5, 0.6) is 17.2 Å². The van der Waals surface area contributed by atoms with Gasteiger partial charge in [0.15, 0.2) is 18.1 Å². The lowest BCUT2D eigenvalue weighted by Crippen LogP contribution is -2.29. The van der Waals surface area contributed by atoms with E-state index in [4.69, 9.17) is 20.6 Å². The highest BCUT2D eigenvalue weighted by atomic mass is 16.7. The fourth-order valence-electron chi connectivity index (χ4n) is 1.77. The Kier molecular flexibility index (Phi) is 4.69. The lowest BCUT2D eigenvalue weighted by molar-refractivity contribution is -0.122. The molecule has 0 saturated carbocycles. The molecule has 6 nitrogen and oxygen atoms in total. The molecule has 1 aliphatic rings. The molecule has 2 N–H and O–H groups in total. The third-order valence-corrected chi connectivity index (χ3v) is 2.67. The zero-order chi connectivity index (χ0) is 14.4. The maximum absolute atomic E-state index is 11.5. The van der Waals surface area contributed by atoms with Crippen LogP contribution < -0.4 is 24.8 Å². The van der Waals surface area contributed by atoms with Gasteiger partial charge >= 0.3 is 0 Å². The molecule has 0 aliphatic carbocycles. The number of carbonyl (C=O) groups excluding carboxylic acids is 1. The molecular formula is C14H16N2O4. The standard InChI is InChI=1S/C14H16N2O4/c1-3-4-16-14(17)8-18-11-6-13-12(19-9-20-13)5-10(11)7-15-2/h1,5-6,15H,4,7-9H2,2H3,(H,16,17). The van der Waals surface area contributed by atoms with Gasteiger partial charge < -0.3 is 24.8 Å². The first-order valence-electron chi connectivity index (χ1n) is 6.14. The second-order valence-corrected chi connectivity index (χ2v) is 4.11. The van der Waals surface area contributed by atoms with Crippen molar-refractivity contribution in [3.05, 3.63) is 17.7 Å². The molecule has 6 heteroatoms. The number of fused-ring (bicyclic) bond motifs is 1. The van der Waals surface area contributed by atoms with Crippen molar-refractivity contribution < 1.29 is 19.0 Å². The van der Waals surface area contributed by atoms with Crippen LogP contribution in [0, 0.1) is 12.3 Å². The molecule has 0 radical (unpaired) electrons. The van der Waals surface area contributed by atoms with E-state index in [0.29, 0.717) is 23.8 Å². The van der Waals surface area contributed by atoms with Gasteiger partial charge in [0, 0.05) is 18.2 Å². The van der Waals surface area contributed by atoms with Gasteiger partial charge in [-0.25, -0.2) is 0 Å². The molecular weight excluding hydrogens is 260 g/mol. The average molecular weight is 276 g/mol. The second kappa shape index (κ2) is 6.68. The number of ether oxygens (including phenoxy) is 3. The van der Waals surface area contributed by atoms with Crippen LogP contribution in [0.15, 0.2) is 12.1 Å². The number of benzene rings is 1. The first kappa shape index (κ1) is 14.0. The van der Waals surface area contributed by atoms with Crippen molar-refractivity contribution in [1.82, 2.24) is 10.6 Å². The summed E-state index contributed by atoms with van der Waals surface area (Å²) >= 11 is 0. The van der Waals surface area contributed by atoms with Gasteiger partial charge in [-0.2, -0.15) is 0 Å². The highest BCUT2D eigenvalue weighted by Crippen LogP contribution is 2.38. The van der Waals surface area contributed by atoms with Gasteiger partial charge in [0.25, 0.3) is 5.91 Å². The topological polar surface area (TPSA) is 68.8 Å². The number of hydrogen-bond donors (Lipinski definition) is 2. The van der Waals surface area contributed by atoms with Crippen molar-refractivity contribution in [1.29, 1.82) is 0 Å². The normalized spacial score (nSPS) is 11.8. The Morgan fingerprint density at radius 1 is 1.45 bits per heavy atom. The average Bonchev–Trinajstić information content (AvgIpc) is 2.90. The van der Waals surface area contributed by atoms with Gasteiger partial charge in [-0.3, -0.25) is 4.79 Å². The number of rotatable bonds is 6. The zero-order valence-electron chi connectivity index (χ0n) is 11.2. The van der Waals surface area contributed by atoms with Crippen molar-refractivity contribution >= 4 is 5.91 Å². The van der Waals surface area contributed by atoms with E-state index in [2.05, 4.69) is 16.6 Å². The van der Waals surface area contributed by atoms with Gasteiger partial charge in [0.1, 0.15) is 5.75 Å². The van der Waals surface area contributed by atoms with Crippen molar-refractivity contribution in [2.45, 2.75) is 6.54 Å². The number of hydrogen-bond acceptors (Lipinski definition) is 5. The van der Waals surface area contributed by atoms with E-state index in [1.54, 1.807) is 6.07 Å². The summed E-state index contributed by atoms with van der Waals surface area (Å²) in [6.07, 6.45) is 5.07. The van der Waals surface area contributed by atoms with Crippen molar-refractivity contribution in [3.63, 3.8) is 0 Å². The fourth-order valence-corrected chi connectivity index (χ4v) is 1.77. The largest absolute Gasteiger partial charge is 0.483 e. The maximum Gasteiger partial charge on any atom is 0.258 e. The van der Waals surface area contributed by atoms with Crippen LogP contribution in [0.2, 0.25) is 0 Å². The van der Waals surface area contributed by atoms with Crippen LogP contribution in [0.3, 0.4) is 0 Å². The van der Waals surface area contributed by atoms with E-state index in [1.165, 1.54) is 0 Å². The minimum atomic E-state index is -0.268. The summed E-state index contributed by atoms with van der Waals surface area (Å²) in [4.78, 5) is 11.5. The zero-order valence-corrected chi connectivity index (χ0v) is 11.2. The van der Waals surface area contributed by atoms with Crippen LogP contribution in [0.4, 0.5) is 0 Å². The first-order valence-corrected chi connectivity index (χ1v) is 6.14. The number of nitrogens with one attached hydrogen (secondary N) is 2. The van der Waals surface area contributed by atoms with E-state index >= 15 is 0 Å². The molecule has 0 aromatic heterocycles. The van der Waals surface area contributed by atoms with Crippen molar-refractivity contribution in [2.75, 3.05) is 27.0 Å². The molecule has 2 rings (SSSR count). The van der Waals surface area contributed by atoms with E-state index < -0.39 is 0 Å². The van der Waals surface area contributed by atoms with Crippen LogP contribution in [0.1, 0.15) is 5.56 Å². The molecule has 0 atom stereocenters. The molecule has 1 aliphatic heterocycles. The Morgan fingerprint density at radius 3 is 2.90 bits per heavy atom. The van der Waals surface area contributed by atoms with Gasteiger partial charge in [-0.1, -0.05) is 5.92 Å². The Morgan fingerprint density at radius 2 is 2.20 bits per heavy atom. The molecule has 1 amide bonds. The minimum Gasteiger partial charge on any atom is -0.483 e. The molecule has 106 valence electrons. The molecule has 1 heterocycles. The third-order valence-electron chi connectivity index (χ3n) is 2.67. The summed E-state index contributed by atoms with van der Waals surface area (Å²) in [5.41, 5.74) is 0.890. The Labute approximate surface area is 117 Å². The summed E-state index contributed by atoms with van der Waals surface area (Å²) < 4.78 is 16.1. The van der Waals surface area contributed by atoms with E-state index in [9.17, 15) is 4.79 Å². The van der Waals surface area contributed by atoms with Crippen LogP contribution >= 0.6 is 0 Å². The quantitative estimate of drug-likeness (QED) is 0.730. The van der Waals surface area contributed by atoms with E-state index in [0.717, 1.165) is 5.56 Å². The van der Waals surface area contributed by atoms with Crippen molar-refractivity contribution in [2.24, 2.45) is 0 Å². The summed E-state index contributed by atoms with van der Waals surface area (Å²) in [6, 6.07) is 3.57. The van der Waals surface area contributed by atoms with Gasteiger partial charge in [0.05, 0.1) is 6.54 Å². The number of amides is 1. The van der Waals surface area contributed by atoms with Gasteiger partial charge in [-0.05, 0) is 13.1 Å². The summed E-state index contributed by atoms with van der Waals surface area (Å²) in [5, 5.41) is 5.57. The molecule has 0 saturated heterocycles. The summed E-state index contributed by atoms with van der Waals surface area (Å²) in [7, 11) is 1.83. The number of terminal acetylenes is 1. The summed E-state index contributed by atoms with van der Waals surface area (Å²) in [6.45, 7) is 0.878. The molecule has 0 fully saturated rings. The monoisotopic (exact) mass is 276 g/mol. The molecule has 20 heavy (non-hydrogen) atoms. The second-order valence-electron chi connectivity index (χ2n) is 4.11. The fraction of sp³-hybridized carbons (Fsp3) is 0.357. The Bertz CT molecular complexity index is 537. The van der Waals surface area contributed by atoms with E-state index in [-0.39, 0.29) is 25.9 Å². The lowest BCUT2D eigenvalue weighted by atomic mass is 10.1. The molecule has 1 aromatic carbocycles. The van der Waals surface area contributed by atoms with Crippen LogP contribution in [-0.2, 0) is 11.3 Å². The third kappa shape index (κ3) is 3.33. The highest BCUT2D eigenvalue weighted by Gasteiger charge is 2.18. The minimum absolute atomic E-state index is 0.0992. The molecule has 1 aromatic rings. The summed E-state index contributed by atoms with van der Waals surface area (Å²) in [5.74, 6) is 3.94. The molecule has 0 bridgehead atoms. The van der Waals surface area contributed by atoms with E-state index in [1.807, 2.05) is 13.1 Å².